The third-order valence-electron chi connectivity index (χ3n) is 5.87. The quantitative estimate of drug-likeness (QED) is 0.715. The van der Waals surface area contributed by atoms with Gasteiger partial charge in [0, 0.05) is 25.2 Å². The van der Waals surface area contributed by atoms with Gasteiger partial charge < -0.3 is 10.3 Å². The minimum atomic E-state index is -4.53. The second-order valence-corrected chi connectivity index (χ2v) is 8.52. The van der Waals surface area contributed by atoms with Crippen molar-refractivity contribution in [2.24, 2.45) is 0 Å². The number of fused-ring (bicyclic) bond motifs is 3. The van der Waals surface area contributed by atoms with Crippen molar-refractivity contribution in [3.8, 4) is 0 Å². The molecule has 1 aromatic carbocycles. The highest BCUT2D eigenvalue weighted by atomic mass is 19.4. The van der Waals surface area contributed by atoms with Gasteiger partial charge in [-0.1, -0.05) is 0 Å². The average molecular weight is 431 g/mol. The summed E-state index contributed by atoms with van der Waals surface area (Å²) in [5, 5.41) is 2.06. The number of hydrogen-bond acceptors (Lipinski definition) is 4. The monoisotopic (exact) mass is 431 g/mol. The zero-order chi connectivity index (χ0) is 21.8. The second-order valence-electron chi connectivity index (χ2n) is 8.52. The van der Waals surface area contributed by atoms with Crippen LogP contribution in [0, 0.1) is 11.6 Å². The third-order valence-corrected chi connectivity index (χ3v) is 5.87. The molecule has 3 aliphatic rings. The van der Waals surface area contributed by atoms with E-state index < -0.39 is 29.3 Å². The number of aromatic amines is 1. The number of alkyl halides is 3. The molecule has 2 unspecified atom stereocenters. The van der Waals surface area contributed by atoms with Crippen LogP contribution >= 0.6 is 0 Å². The molecular formula is C19H22F5N5O. The summed E-state index contributed by atoms with van der Waals surface area (Å²) in [6.45, 7) is 3.32. The molecular weight excluding hydrogens is 409 g/mol. The third kappa shape index (κ3) is 3.76. The van der Waals surface area contributed by atoms with Gasteiger partial charge in [-0.25, -0.2) is 13.8 Å². The van der Waals surface area contributed by atoms with Crippen molar-refractivity contribution in [1.82, 2.24) is 25.1 Å². The summed E-state index contributed by atoms with van der Waals surface area (Å²) in [6, 6.07) is 2.16. The first-order valence-corrected chi connectivity index (χ1v) is 9.63. The summed E-state index contributed by atoms with van der Waals surface area (Å²) < 4.78 is 66.5. The molecule has 5 rings (SSSR count). The van der Waals surface area contributed by atoms with E-state index in [0.717, 1.165) is 32.4 Å². The van der Waals surface area contributed by atoms with E-state index in [4.69, 9.17) is 0 Å². The fourth-order valence-electron chi connectivity index (χ4n) is 4.15. The molecule has 2 atom stereocenters. The van der Waals surface area contributed by atoms with Gasteiger partial charge in [-0.15, -0.1) is 0 Å². The Morgan fingerprint density at radius 1 is 1.20 bits per heavy atom. The molecule has 11 heteroatoms. The van der Waals surface area contributed by atoms with E-state index in [1.807, 2.05) is 4.90 Å². The van der Waals surface area contributed by atoms with E-state index in [0.29, 0.717) is 25.5 Å². The van der Waals surface area contributed by atoms with E-state index >= 15 is 0 Å². The van der Waals surface area contributed by atoms with Crippen molar-refractivity contribution < 1.29 is 26.7 Å². The number of benzene rings is 1. The fraction of sp³-hybridized carbons (Fsp3) is 0.579. The zero-order valence-corrected chi connectivity index (χ0v) is 16.5. The molecule has 0 radical (unpaired) electrons. The van der Waals surface area contributed by atoms with Crippen molar-refractivity contribution in [3.63, 3.8) is 0 Å². The van der Waals surface area contributed by atoms with Crippen LogP contribution in [0.25, 0.3) is 11.0 Å². The van der Waals surface area contributed by atoms with Gasteiger partial charge >= 0.3 is 6.18 Å². The number of imidazole rings is 1. The maximum atomic E-state index is 13.8. The Morgan fingerprint density at radius 3 is 2.43 bits per heavy atom. The molecule has 3 saturated heterocycles. The molecule has 2 N–H and O–H groups in total. The number of H-pyrrole nitrogens is 1. The van der Waals surface area contributed by atoms with Gasteiger partial charge in [-0.05, 0) is 32.4 Å². The molecule has 1 aromatic heterocycles. The van der Waals surface area contributed by atoms with E-state index in [9.17, 15) is 26.7 Å². The lowest BCUT2D eigenvalue weighted by Crippen LogP contribution is -2.70. The standard InChI is InChI=1S/C19H22F5N5O/c1-18(2,19(22,23)24)27-15(30)9-29-10-5-11(29)7-28(6-10)8-14-25-16-12(20)3-4-13(21)17(16)26-14/h3-4,10-11H,5-9H2,1-2H3,(H,25,26)(H,27,30). The predicted octanol–water partition coefficient (Wildman–Crippen LogP) is 2.56. The van der Waals surface area contributed by atoms with Crippen molar-refractivity contribution in [2.45, 2.75) is 50.6 Å². The van der Waals surface area contributed by atoms with Crippen LogP contribution in [0.1, 0.15) is 26.1 Å². The molecule has 2 bridgehead atoms. The number of nitrogens with one attached hydrogen (secondary N) is 2. The van der Waals surface area contributed by atoms with Gasteiger partial charge in [0.05, 0.1) is 13.1 Å². The number of carbonyl (C=O) groups is 1. The molecule has 1 amide bonds. The molecule has 4 heterocycles. The normalized spacial score (nSPS) is 22.9. The largest absolute Gasteiger partial charge is 0.410 e. The van der Waals surface area contributed by atoms with E-state index in [2.05, 4.69) is 20.2 Å². The highest BCUT2D eigenvalue weighted by molar-refractivity contribution is 5.79. The van der Waals surface area contributed by atoms with Crippen LogP contribution in [0.4, 0.5) is 22.0 Å². The number of amides is 1. The van der Waals surface area contributed by atoms with E-state index in [-0.39, 0.29) is 29.7 Å². The van der Waals surface area contributed by atoms with Crippen LogP contribution in [-0.4, -0.2) is 69.1 Å². The van der Waals surface area contributed by atoms with Crippen LogP contribution in [0.3, 0.4) is 0 Å². The number of halogens is 5. The maximum absolute atomic E-state index is 13.8. The first-order valence-electron chi connectivity index (χ1n) is 9.63. The second kappa shape index (κ2) is 7.16. The highest BCUT2D eigenvalue weighted by Gasteiger charge is 2.50. The Labute approximate surface area is 169 Å². The van der Waals surface area contributed by atoms with Gasteiger partial charge in [0.1, 0.15) is 28.2 Å². The molecule has 6 nitrogen and oxygen atoms in total. The number of aromatic nitrogens is 2. The number of hydrogen-bond donors (Lipinski definition) is 2. The lowest BCUT2D eigenvalue weighted by molar-refractivity contribution is -0.189. The summed E-state index contributed by atoms with van der Waals surface area (Å²) in [5.41, 5.74) is -2.31. The first kappa shape index (κ1) is 21.0. The fourth-order valence-corrected chi connectivity index (χ4v) is 4.15. The zero-order valence-electron chi connectivity index (χ0n) is 16.5. The molecule has 0 saturated carbocycles. The molecule has 0 aliphatic carbocycles. The van der Waals surface area contributed by atoms with Crippen LogP contribution in [0.2, 0.25) is 0 Å². The number of nitrogens with zero attached hydrogens (tertiary/aromatic N) is 3. The maximum Gasteiger partial charge on any atom is 0.410 e. The Bertz CT molecular complexity index is 921. The van der Waals surface area contributed by atoms with E-state index in [1.165, 1.54) is 0 Å². The van der Waals surface area contributed by atoms with Crippen molar-refractivity contribution in [3.05, 3.63) is 29.6 Å². The Hall–Kier alpha value is -2.27. The van der Waals surface area contributed by atoms with Gasteiger partial charge in [-0.3, -0.25) is 14.6 Å². The van der Waals surface area contributed by atoms with Gasteiger partial charge in [0.25, 0.3) is 0 Å². The van der Waals surface area contributed by atoms with Crippen molar-refractivity contribution in [2.75, 3.05) is 19.6 Å². The van der Waals surface area contributed by atoms with Crippen molar-refractivity contribution in [1.29, 1.82) is 0 Å². The smallest absolute Gasteiger partial charge is 0.341 e. The van der Waals surface area contributed by atoms with Crippen LogP contribution in [-0.2, 0) is 11.3 Å². The first-order chi connectivity index (χ1) is 13.9. The van der Waals surface area contributed by atoms with Crippen molar-refractivity contribution >= 4 is 16.9 Å². The Kier molecular flexibility index (Phi) is 5.00. The van der Waals surface area contributed by atoms with E-state index in [1.54, 1.807) is 0 Å². The SMILES string of the molecule is CC(C)(NC(=O)CN1C2CC1CN(Cc1nc3c(F)ccc(F)c3[nH]1)C2)C(F)(F)F. The minimum absolute atomic E-state index is 0.0257. The minimum Gasteiger partial charge on any atom is -0.341 e. The molecule has 2 aromatic rings. The van der Waals surface area contributed by atoms with Crippen LogP contribution in [0.15, 0.2) is 12.1 Å². The molecule has 3 fully saturated rings. The molecule has 30 heavy (non-hydrogen) atoms. The Balaban J connectivity index is 1.34. The van der Waals surface area contributed by atoms with Gasteiger partial charge in [0.2, 0.25) is 5.91 Å². The number of piperidine rings is 1. The molecule has 164 valence electrons. The highest BCUT2D eigenvalue weighted by Crippen LogP contribution is 2.33. The van der Waals surface area contributed by atoms with Gasteiger partial charge in [0.15, 0.2) is 5.82 Å². The van der Waals surface area contributed by atoms with Crippen LogP contribution < -0.4 is 5.32 Å². The summed E-state index contributed by atoms with van der Waals surface area (Å²) >= 11 is 0. The number of piperazine rings is 1. The lowest BCUT2D eigenvalue weighted by Gasteiger charge is -2.56. The van der Waals surface area contributed by atoms with Gasteiger partial charge in [-0.2, -0.15) is 13.2 Å². The number of rotatable bonds is 5. The summed E-state index contributed by atoms with van der Waals surface area (Å²) in [6.07, 6.45) is -3.67. The summed E-state index contributed by atoms with van der Waals surface area (Å²) in [5.74, 6) is -1.41. The Morgan fingerprint density at radius 2 is 1.83 bits per heavy atom. The molecule has 3 aliphatic heterocycles. The van der Waals surface area contributed by atoms with Crippen LogP contribution in [0.5, 0.6) is 0 Å². The molecule has 0 spiro atoms. The predicted molar refractivity (Wildman–Crippen MR) is 98.5 cm³/mol. The summed E-state index contributed by atoms with van der Waals surface area (Å²) in [7, 11) is 0. The summed E-state index contributed by atoms with van der Waals surface area (Å²) in [4.78, 5) is 23.0. The lowest BCUT2D eigenvalue weighted by atomic mass is 9.87. The topological polar surface area (TPSA) is 64.3 Å². The average Bonchev–Trinajstić information content (AvgIpc) is 3.06. The number of carbonyl (C=O) groups excluding carboxylic acids is 1.